The van der Waals surface area contributed by atoms with Crippen molar-refractivity contribution in [3.63, 3.8) is 0 Å². The number of hydrogen-bond donors (Lipinski definition) is 1. The lowest BCUT2D eigenvalue weighted by Gasteiger charge is -2.23. The first-order valence-corrected chi connectivity index (χ1v) is 11.0. The summed E-state index contributed by atoms with van der Waals surface area (Å²) < 4.78 is 27.3. The van der Waals surface area contributed by atoms with Gasteiger partial charge < -0.3 is 5.32 Å². The minimum Gasteiger partial charge on any atom is -0.322 e. The molecule has 2 rings (SSSR count). The van der Waals surface area contributed by atoms with Crippen LogP contribution < -0.4 is 5.32 Å². The Morgan fingerprint density at radius 3 is 2.21 bits per heavy atom. The van der Waals surface area contributed by atoms with Crippen LogP contribution in [-0.4, -0.2) is 31.7 Å². The van der Waals surface area contributed by atoms with Gasteiger partial charge in [0, 0.05) is 24.3 Å². The Morgan fingerprint density at radius 2 is 1.64 bits per heavy atom. The highest BCUT2D eigenvalue weighted by Crippen LogP contribution is 2.30. The highest BCUT2D eigenvalue weighted by Gasteiger charge is 2.25. The lowest BCUT2D eigenvalue weighted by Crippen LogP contribution is -2.31. The molecule has 2 aromatic rings. The van der Waals surface area contributed by atoms with E-state index in [4.69, 9.17) is 0 Å². The van der Waals surface area contributed by atoms with Crippen LogP contribution in [0, 0.1) is 6.92 Å². The number of para-hydroxylation sites is 1. The molecule has 0 saturated carbocycles. The Kier molecular flexibility index (Phi) is 6.67. The van der Waals surface area contributed by atoms with Crippen LogP contribution in [0.5, 0.6) is 0 Å². The van der Waals surface area contributed by atoms with Crippen molar-refractivity contribution in [2.75, 3.05) is 18.4 Å². The number of hydrogen-bond acceptors (Lipinski definition) is 3. The summed E-state index contributed by atoms with van der Waals surface area (Å²) in [6.45, 7) is 12.4. The number of carbonyl (C=O) groups excluding carboxylic acids is 1. The normalized spacial score (nSPS) is 12.2. The summed E-state index contributed by atoms with van der Waals surface area (Å²) in [5.41, 5.74) is 2.56. The molecule has 0 fully saturated rings. The number of benzene rings is 2. The maximum Gasteiger partial charge on any atom is 0.255 e. The van der Waals surface area contributed by atoms with Gasteiger partial charge >= 0.3 is 0 Å². The van der Waals surface area contributed by atoms with Crippen molar-refractivity contribution >= 4 is 21.6 Å². The van der Waals surface area contributed by atoms with Gasteiger partial charge in [0.1, 0.15) is 0 Å². The Labute approximate surface area is 168 Å². The van der Waals surface area contributed by atoms with E-state index in [1.54, 1.807) is 32.9 Å². The Morgan fingerprint density at radius 1 is 1.04 bits per heavy atom. The van der Waals surface area contributed by atoms with Crippen molar-refractivity contribution in [2.45, 2.75) is 51.9 Å². The molecule has 6 heteroatoms. The molecule has 2 aromatic carbocycles. The highest BCUT2D eigenvalue weighted by atomic mass is 32.2. The summed E-state index contributed by atoms with van der Waals surface area (Å²) in [6.07, 6.45) is 0. The molecule has 0 radical (unpaired) electrons. The Hall–Kier alpha value is -2.18. The van der Waals surface area contributed by atoms with Crippen molar-refractivity contribution < 1.29 is 13.2 Å². The molecule has 1 N–H and O–H groups in total. The lowest BCUT2D eigenvalue weighted by molar-refractivity contribution is 0.102. The second-order valence-electron chi connectivity index (χ2n) is 7.82. The molecular weight excluding hydrogens is 372 g/mol. The van der Waals surface area contributed by atoms with E-state index in [2.05, 4.69) is 26.1 Å². The predicted molar refractivity (Wildman–Crippen MR) is 114 cm³/mol. The maximum absolute atomic E-state index is 12.9. The van der Waals surface area contributed by atoms with E-state index in [9.17, 15) is 13.2 Å². The van der Waals surface area contributed by atoms with Crippen molar-refractivity contribution in [1.82, 2.24) is 4.31 Å². The largest absolute Gasteiger partial charge is 0.322 e. The van der Waals surface area contributed by atoms with Crippen LogP contribution in [0.3, 0.4) is 0 Å². The van der Waals surface area contributed by atoms with Crippen LogP contribution in [-0.2, 0) is 15.4 Å². The molecule has 0 bridgehead atoms. The molecule has 28 heavy (non-hydrogen) atoms. The number of aryl methyl sites for hydroxylation is 1. The summed E-state index contributed by atoms with van der Waals surface area (Å²) in [5, 5.41) is 2.94. The van der Waals surface area contributed by atoms with E-state index in [0.29, 0.717) is 24.2 Å². The van der Waals surface area contributed by atoms with Crippen LogP contribution in [0.2, 0.25) is 0 Å². The number of amides is 1. The van der Waals surface area contributed by atoms with Crippen LogP contribution in [0.1, 0.15) is 56.1 Å². The van der Waals surface area contributed by atoms with E-state index in [1.807, 2.05) is 24.3 Å². The van der Waals surface area contributed by atoms with Crippen molar-refractivity contribution in [3.05, 3.63) is 59.2 Å². The fraction of sp³-hybridized carbons (Fsp3) is 0.409. The highest BCUT2D eigenvalue weighted by molar-refractivity contribution is 7.89. The molecule has 0 aliphatic heterocycles. The van der Waals surface area contributed by atoms with Crippen molar-refractivity contribution in [2.24, 2.45) is 0 Å². The standard InChI is InChI=1S/C22H30N2O3S/c1-7-24(8-2)28(26,27)20-15-17(14-13-16(20)3)21(25)23-19-12-10-9-11-18(19)22(4,5)6/h9-15H,7-8H2,1-6H3,(H,23,25). The molecule has 0 heterocycles. The van der Waals surface area contributed by atoms with Crippen molar-refractivity contribution in [3.8, 4) is 0 Å². The van der Waals surface area contributed by atoms with E-state index in [-0.39, 0.29) is 16.2 Å². The average molecular weight is 403 g/mol. The third-order valence-electron chi connectivity index (χ3n) is 4.76. The van der Waals surface area contributed by atoms with Crippen LogP contribution in [0.4, 0.5) is 5.69 Å². The zero-order valence-corrected chi connectivity index (χ0v) is 18.4. The maximum atomic E-state index is 12.9. The number of nitrogens with one attached hydrogen (secondary N) is 1. The number of sulfonamides is 1. The van der Waals surface area contributed by atoms with Crippen LogP contribution in [0.25, 0.3) is 0 Å². The smallest absolute Gasteiger partial charge is 0.255 e. The number of anilines is 1. The minimum atomic E-state index is -3.64. The summed E-state index contributed by atoms with van der Waals surface area (Å²) in [7, 11) is -3.64. The molecule has 0 aromatic heterocycles. The van der Waals surface area contributed by atoms with E-state index < -0.39 is 10.0 Å². The van der Waals surface area contributed by atoms with Gasteiger partial charge in [-0.3, -0.25) is 4.79 Å². The zero-order chi connectivity index (χ0) is 21.1. The fourth-order valence-corrected chi connectivity index (χ4v) is 4.87. The Bertz CT molecular complexity index is 956. The topological polar surface area (TPSA) is 66.5 Å². The molecular formula is C22H30N2O3S. The quantitative estimate of drug-likeness (QED) is 0.769. The van der Waals surface area contributed by atoms with Crippen molar-refractivity contribution in [1.29, 1.82) is 0 Å². The summed E-state index contributed by atoms with van der Waals surface area (Å²) in [4.78, 5) is 13.0. The molecule has 5 nitrogen and oxygen atoms in total. The third-order valence-corrected chi connectivity index (χ3v) is 6.95. The molecule has 152 valence electrons. The summed E-state index contributed by atoms with van der Waals surface area (Å²) in [6, 6.07) is 12.5. The molecule has 0 aliphatic rings. The lowest BCUT2D eigenvalue weighted by atomic mass is 9.86. The van der Waals surface area contributed by atoms with Crippen LogP contribution >= 0.6 is 0 Å². The molecule has 1 amide bonds. The second-order valence-corrected chi connectivity index (χ2v) is 9.73. The van der Waals surface area contributed by atoms with Gasteiger partial charge in [0.25, 0.3) is 5.91 Å². The SMILES string of the molecule is CCN(CC)S(=O)(=O)c1cc(C(=O)Nc2ccccc2C(C)(C)C)ccc1C. The van der Waals surface area contributed by atoms with Gasteiger partial charge in [0.2, 0.25) is 10.0 Å². The Balaban J connectivity index is 2.42. The fourth-order valence-electron chi connectivity index (χ4n) is 3.16. The first kappa shape index (κ1) is 22.1. The molecule has 0 aliphatic carbocycles. The zero-order valence-electron chi connectivity index (χ0n) is 17.5. The summed E-state index contributed by atoms with van der Waals surface area (Å²) in [5.74, 6) is -0.326. The van der Waals surface area contributed by atoms with Gasteiger partial charge in [-0.25, -0.2) is 8.42 Å². The molecule has 0 saturated heterocycles. The van der Waals surface area contributed by atoms with E-state index >= 15 is 0 Å². The second kappa shape index (κ2) is 8.45. The average Bonchev–Trinajstić information content (AvgIpc) is 2.62. The van der Waals surface area contributed by atoms with Gasteiger partial charge in [-0.15, -0.1) is 0 Å². The van der Waals surface area contributed by atoms with Gasteiger partial charge in [-0.1, -0.05) is 58.9 Å². The number of rotatable bonds is 6. The summed E-state index contributed by atoms with van der Waals surface area (Å²) >= 11 is 0. The van der Waals surface area contributed by atoms with Crippen LogP contribution in [0.15, 0.2) is 47.4 Å². The predicted octanol–water partition coefficient (Wildman–Crippen LogP) is 4.58. The van der Waals surface area contributed by atoms with E-state index in [0.717, 1.165) is 11.3 Å². The molecule has 0 atom stereocenters. The van der Waals surface area contributed by atoms with Gasteiger partial charge in [0.05, 0.1) is 4.90 Å². The van der Waals surface area contributed by atoms with Gasteiger partial charge in [0.15, 0.2) is 0 Å². The van der Waals surface area contributed by atoms with Gasteiger partial charge in [-0.2, -0.15) is 4.31 Å². The van der Waals surface area contributed by atoms with Gasteiger partial charge in [-0.05, 0) is 41.7 Å². The first-order valence-electron chi connectivity index (χ1n) is 9.54. The molecule has 0 unspecified atom stereocenters. The third kappa shape index (κ3) is 4.62. The minimum absolute atomic E-state index is 0.131. The van der Waals surface area contributed by atoms with E-state index in [1.165, 1.54) is 10.4 Å². The first-order chi connectivity index (χ1) is 13.0. The number of nitrogens with zero attached hydrogens (tertiary/aromatic N) is 1. The monoisotopic (exact) mass is 402 g/mol. The number of carbonyl (C=O) groups is 1. The molecule has 0 spiro atoms.